The Morgan fingerprint density at radius 2 is 1.37 bits per heavy atom. The van der Waals surface area contributed by atoms with Crippen LogP contribution in [0, 0.1) is 5.92 Å². The van der Waals surface area contributed by atoms with E-state index in [4.69, 9.17) is 0 Å². The second-order valence-corrected chi connectivity index (χ2v) is 8.84. The van der Waals surface area contributed by atoms with Gasteiger partial charge in [-0.1, -0.05) is 97.5 Å². The minimum absolute atomic E-state index is 0. The molecule has 1 amide bonds. The molecule has 0 bridgehead atoms. The predicted molar refractivity (Wildman–Crippen MR) is 116 cm³/mol. The molecule has 2 N–H and O–H groups in total. The van der Waals surface area contributed by atoms with E-state index in [-0.39, 0.29) is 57.3 Å². The number of nitrogens with one attached hydrogen (secondary N) is 1. The monoisotopic (exact) mass is 429 g/mol. The average molecular weight is 430 g/mol. The normalized spacial score (nSPS) is 13.4. The SMILES string of the molecule is C=CC(=O)NC(C(C)CCCCCCCCCCCCCC)S(=O)(=O)O.[KH]. The summed E-state index contributed by atoms with van der Waals surface area (Å²) in [6.45, 7) is 7.28. The average Bonchev–Trinajstić information content (AvgIpc) is 2.59. The van der Waals surface area contributed by atoms with Gasteiger partial charge in [0.2, 0.25) is 5.91 Å². The first kappa shape index (κ1) is 30.0. The van der Waals surface area contributed by atoms with E-state index in [0.29, 0.717) is 6.42 Å². The summed E-state index contributed by atoms with van der Waals surface area (Å²) in [7, 11) is -4.32. The molecule has 0 aromatic carbocycles. The van der Waals surface area contributed by atoms with Crippen molar-refractivity contribution >= 4 is 67.4 Å². The van der Waals surface area contributed by atoms with Crippen LogP contribution in [0.3, 0.4) is 0 Å². The first-order valence-corrected chi connectivity index (χ1v) is 11.7. The van der Waals surface area contributed by atoms with Gasteiger partial charge in [-0.25, -0.2) is 0 Å². The van der Waals surface area contributed by atoms with Crippen molar-refractivity contribution < 1.29 is 17.8 Å². The number of rotatable bonds is 17. The standard InChI is InChI=1S/C20H39NO4S.K.H/c1-4-6-7-8-9-10-11-12-13-14-15-16-17-18(3)20(26(23,24)25)21-19(22)5-2;;/h5,18,20H,2,4,6-17H2,1,3H3,(H,21,22)(H,23,24,25);;. The van der Waals surface area contributed by atoms with Crippen LogP contribution in [0.2, 0.25) is 0 Å². The molecular formula is C20H40KNO4S. The van der Waals surface area contributed by atoms with Gasteiger partial charge < -0.3 is 5.32 Å². The third-order valence-corrected chi connectivity index (χ3v) is 6.04. The zero-order valence-corrected chi connectivity index (χ0v) is 17.5. The summed E-state index contributed by atoms with van der Waals surface area (Å²) in [4.78, 5) is 11.3. The van der Waals surface area contributed by atoms with Crippen molar-refractivity contribution in [2.45, 2.75) is 103 Å². The molecule has 0 fully saturated rings. The van der Waals surface area contributed by atoms with Crippen molar-refractivity contribution in [1.82, 2.24) is 5.32 Å². The summed E-state index contributed by atoms with van der Waals surface area (Å²) in [6.07, 6.45) is 16.6. The molecule has 0 aliphatic rings. The fourth-order valence-corrected chi connectivity index (χ4v) is 4.16. The van der Waals surface area contributed by atoms with Crippen molar-refractivity contribution in [1.29, 1.82) is 0 Å². The molecule has 0 aliphatic carbocycles. The van der Waals surface area contributed by atoms with Gasteiger partial charge in [0.25, 0.3) is 10.1 Å². The Bertz CT molecular complexity index is 482. The quantitative estimate of drug-likeness (QED) is 0.153. The minimum atomic E-state index is -4.32. The molecule has 0 heterocycles. The molecule has 0 aromatic heterocycles. The number of hydrogen-bond acceptors (Lipinski definition) is 3. The number of hydrogen-bond donors (Lipinski definition) is 2. The Kier molecular flexibility index (Phi) is 20.8. The summed E-state index contributed by atoms with van der Waals surface area (Å²) < 4.78 is 32.2. The number of unbranched alkanes of at least 4 members (excludes halogenated alkanes) is 11. The first-order chi connectivity index (χ1) is 12.3. The van der Waals surface area contributed by atoms with Crippen LogP contribution in [0.4, 0.5) is 0 Å². The van der Waals surface area contributed by atoms with E-state index in [1.54, 1.807) is 6.92 Å². The van der Waals surface area contributed by atoms with Gasteiger partial charge in [0.1, 0.15) is 0 Å². The molecule has 156 valence electrons. The fourth-order valence-electron chi connectivity index (χ4n) is 3.17. The Balaban J connectivity index is 0. The zero-order chi connectivity index (χ0) is 19.8. The van der Waals surface area contributed by atoms with E-state index in [0.717, 1.165) is 25.3 Å². The van der Waals surface area contributed by atoms with Gasteiger partial charge in [0.05, 0.1) is 0 Å². The van der Waals surface area contributed by atoms with Crippen LogP contribution in [0.25, 0.3) is 0 Å². The maximum absolute atomic E-state index is 11.4. The van der Waals surface area contributed by atoms with Crippen molar-refractivity contribution in [2.75, 3.05) is 0 Å². The molecule has 0 spiro atoms. The van der Waals surface area contributed by atoms with Gasteiger partial charge in [-0.15, -0.1) is 0 Å². The molecule has 0 radical (unpaired) electrons. The molecule has 0 aromatic rings. The van der Waals surface area contributed by atoms with E-state index >= 15 is 0 Å². The summed E-state index contributed by atoms with van der Waals surface area (Å²) >= 11 is 0. The fraction of sp³-hybridized carbons (Fsp3) is 0.850. The van der Waals surface area contributed by atoms with Gasteiger partial charge >= 0.3 is 51.4 Å². The Labute approximate surface area is 209 Å². The Morgan fingerprint density at radius 1 is 0.963 bits per heavy atom. The molecule has 2 unspecified atom stereocenters. The Hall–Kier alpha value is 0.756. The van der Waals surface area contributed by atoms with Crippen molar-refractivity contribution in [3.8, 4) is 0 Å². The molecule has 0 aliphatic heterocycles. The molecule has 7 heteroatoms. The van der Waals surface area contributed by atoms with E-state index in [1.807, 2.05) is 0 Å². The first-order valence-electron chi connectivity index (χ1n) is 10.2. The van der Waals surface area contributed by atoms with E-state index in [9.17, 15) is 17.8 Å². The van der Waals surface area contributed by atoms with Crippen LogP contribution in [0.1, 0.15) is 97.3 Å². The van der Waals surface area contributed by atoms with Gasteiger partial charge in [-0.05, 0) is 18.4 Å². The summed E-state index contributed by atoms with van der Waals surface area (Å²) in [6, 6.07) is 0. The molecule has 27 heavy (non-hydrogen) atoms. The maximum atomic E-state index is 11.4. The van der Waals surface area contributed by atoms with Gasteiger partial charge in [0, 0.05) is 0 Å². The topological polar surface area (TPSA) is 83.5 Å². The number of amides is 1. The molecule has 0 saturated heterocycles. The van der Waals surface area contributed by atoms with Crippen LogP contribution >= 0.6 is 0 Å². The van der Waals surface area contributed by atoms with Crippen LogP contribution in [0.5, 0.6) is 0 Å². The molecule has 0 saturated carbocycles. The number of carbonyl (C=O) groups is 1. The number of carbonyl (C=O) groups excluding carboxylic acids is 1. The van der Waals surface area contributed by atoms with Crippen molar-refractivity contribution in [2.24, 2.45) is 5.92 Å². The second-order valence-electron chi connectivity index (χ2n) is 7.30. The van der Waals surface area contributed by atoms with Gasteiger partial charge in [-0.3, -0.25) is 9.35 Å². The third kappa shape index (κ3) is 17.3. The summed E-state index contributed by atoms with van der Waals surface area (Å²) in [5, 5.41) is 1.04. The van der Waals surface area contributed by atoms with Crippen LogP contribution in [-0.4, -0.2) is 75.6 Å². The van der Waals surface area contributed by atoms with E-state index < -0.39 is 21.4 Å². The summed E-state index contributed by atoms with van der Waals surface area (Å²) in [5.41, 5.74) is 0. The van der Waals surface area contributed by atoms with Crippen LogP contribution < -0.4 is 5.32 Å². The molecule has 2 atom stereocenters. The van der Waals surface area contributed by atoms with Gasteiger partial charge in [-0.2, -0.15) is 8.42 Å². The Morgan fingerprint density at radius 3 is 1.74 bits per heavy atom. The summed E-state index contributed by atoms with van der Waals surface area (Å²) in [5.74, 6) is -0.925. The van der Waals surface area contributed by atoms with Crippen molar-refractivity contribution in [3.05, 3.63) is 12.7 Å². The van der Waals surface area contributed by atoms with Gasteiger partial charge in [0.15, 0.2) is 5.37 Å². The molecule has 5 nitrogen and oxygen atoms in total. The van der Waals surface area contributed by atoms with Crippen molar-refractivity contribution in [3.63, 3.8) is 0 Å². The zero-order valence-electron chi connectivity index (χ0n) is 16.7. The molecular weight excluding hydrogens is 389 g/mol. The van der Waals surface area contributed by atoms with Crippen LogP contribution in [0.15, 0.2) is 12.7 Å². The third-order valence-electron chi connectivity index (χ3n) is 4.82. The van der Waals surface area contributed by atoms with E-state index in [2.05, 4.69) is 18.8 Å². The predicted octanol–water partition coefficient (Wildman–Crippen LogP) is 4.58. The second kappa shape index (κ2) is 18.8. The van der Waals surface area contributed by atoms with E-state index in [1.165, 1.54) is 57.8 Å². The molecule has 0 rings (SSSR count). The van der Waals surface area contributed by atoms with Crippen LogP contribution in [-0.2, 0) is 14.9 Å².